The van der Waals surface area contributed by atoms with Gasteiger partial charge in [-0.15, -0.1) is 0 Å². The normalized spacial score (nSPS) is 20.0. The first-order valence-corrected chi connectivity index (χ1v) is 10.0. The summed E-state index contributed by atoms with van der Waals surface area (Å²) in [5.74, 6) is -0.248. The molecule has 2 N–H and O–H groups in total. The summed E-state index contributed by atoms with van der Waals surface area (Å²) in [6.07, 6.45) is 1.57. The first-order chi connectivity index (χ1) is 9.67. The molecule has 0 aliphatic carbocycles. The molecule has 1 fully saturated rings. The van der Waals surface area contributed by atoms with Crippen molar-refractivity contribution >= 4 is 19.9 Å². The summed E-state index contributed by atoms with van der Waals surface area (Å²) in [5.41, 5.74) is 6.39. The first kappa shape index (κ1) is 16.5. The average molecular weight is 335 g/mol. The Morgan fingerprint density at radius 3 is 2.29 bits per heavy atom. The predicted octanol–water partition coefficient (Wildman–Crippen LogP) is -0.0532. The number of nitrogens with two attached hydrogens (primary N) is 1. The Labute approximate surface area is 125 Å². The molecule has 1 aromatic rings. The molecule has 0 spiro atoms. The van der Waals surface area contributed by atoms with Gasteiger partial charge in [-0.1, -0.05) is 0 Å². The third-order valence-electron chi connectivity index (χ3n) is 3.61. The van der Waals surface area contributed by atoms with E-state index in [-0.39, 0.29) is 42.1 Å². The molecule has 1 saturated heterocycles. The molecule has 0 unspecified atom stereocenters. The number of nitrogens with zero attached hydrogens (tertiary/aromatic N) is 2. The van der Waals surface area contributed by atoms with E-state index in [1.54, 1.807) is 12.3 Å². The number of rotatable bonds is 4. The summed E-state index contributed by atoms with van der Waals surface area (Å²) >= 11 is 0. The van der Waals surface area contributed by atoms with Crippen molar-refractivity contribution < 1.29 is 16.8 Å². The van der Waals surface area contributed by atoms with Crippen molar-refractivity contribution in [2.24, 2.45) is 5.73 Å². The van der Waals surface area contributed by atoms with Crippen LogP contribution in [-0.2, 0) is 26.4 Å². The fourth-order valence-electron chi connectivity index (χ4n) is 2.37. The van der Waals surface area contributed by atoms with Crippen molar-refractivity contribution in [3.8, 4) is 0 Å². The van der Waals surface area contributed by atoms with Crippen molar-refractivity contribution in [1.82, 2.24) is 8.87 Å². The Kier molecular flexibility index (Phi) is 4.48. The molecule has 0 amide bonds. The molecular formula is C12H21N3O4S2. The maximum absolute atomic E-state index is 12.6. The number of hydrogen-bond acceptors (Lipinski definition) is 5. The number of sulfone groups is 1. The second kappa shape index (κ2) is 5.71. The molecule has 0 saturated carbocycles. The van der Waals surface area contributed by atoms with E-state index in [0.717, 1.165) is 5.69 Å². The highest BCUT2D eigenvalue weighted by atomic mass is 32.2. The highest BCUT2D eigenvalue weighted by molar-refractivity contribution is 7.92. The van der Waals surface area contributed by atoms with E-state index in [1.807, 2.05) is 18.4 Å². The van der Waals surface area contributed by atoms with Crippen LogP contribution >= 0.6 is 0 Å². The van der Waals surface area contributed by atoms with Crippen LogP contribution < -0.4 is 5.73 Å². The van der Waals surface area contributed by atoms with Gasteiger partial charge in [-0.25, -0.2) is 16.8 Å². The Bertz CT molecular complexity index is 706. The van der Waals surface area contributed by atoms with E-state index in [0.29, 0.717) is 0 Å². The van der Waals surface area contributed by atoms with Gasteiger partial charge in [0.15, 0.2) is 9.84 Å². The van der Waals surface area contributed by atoms with Crippen molar-refractivity contribution in [2.45, 2.75) is 31.3 Å². The van der Waals surface area contributed by atoms with Gasteiger partial charge >= 0.3 is 0 Å². The van der Waals surface area contributed by atoms with Gasteiger partial charge in [0, 0.05) is 37.6 Å². The number of sulfonamides is 1. The molecule has 0 bridgehead atoms. The Morgan fingerprint density at radius 2 is 1.86 bits per heavy atom. The molecule has 21 heavy (non-hydrogen) atoms. The quantitative estimate of drug-likeness (QED) is 0.831. The maximum atomic E-state index is 12.6. The summed E-state index contributed by atoms with van der Waals surface area (Å²) in [5, 5.41) is 0. The van der Waals surface area contributed by atoms with E-state index in [1.165, 1.54) is 4.31 Å². The largest absolute Gasteiger partial charge is 0.346 e. The molecule has 0 atom stereocenters. The van der Waals surface area contributed by atoms with Gasteiger partial charge in [0.1, 0.15) is 4.90 Å². The van der Waals surface area contributed by atoms with Crippen LogP contribution in [0.3, 0.4) is 0 Å². The van der Waals surface area contributed by atoms with Crippen LogP contribution in [0.25, 0.3) is 0 Å². The molecule has 0 radical (unpaired) electrons. The van der Waals surface area contributed by atoms with Crippen LogP contribution in [0.15, 0.2) is 17.2 Å². The van der Waals surface area contributed by atoms with Crippen molar-refractivity contribution in [2.75, 3.05) is 24.6 Å². The van der Waals surface area contributed by atoms with E-state index >= 15 is 0 Å². The minimum Gasteiger partial charge on any atom is -0.346 e. The SMILES string of the molecule is CC(C)n1cc(S(=O)(=O)N2CCS(=O)(=O)CC2)cc1CN. The van der Waals surface area contributed by atoms with E-state index < -0.39 is 19.9 Å². The zero-order chi connectivity index (χ0) is 15.8. The van der Waals surface area contributed by atoms with E-state index in [2.05, 4.69) is 0 Å². The zero-order valence-electron chi connectivity index (χ0n) is 12.2. The van der Waals surface area contributed by atoms with Gasteiger partial charge in [-0.3, -0.25) is 0 Å². The molecule has 0 aromatic carbocycles. The van der Waals surface area contributed by atoms with Gasteiger partial charge in [0.2, 0.25) is 10.0 Å². The summed E-state index contributed by atoms with van der Waals surface area (Å²) in [6.45, 7) is 4.17. The monoisotopic (exact) mass is 335 g/mol. The first-order valence-electron chi connectivity index (χ1n) is 6.79. The smallest absolute Gasteiger partial charge is 0.244 e. The lowest BCUT2D eigenvalue weighted by molar-refractivity contribution is 0.430. The zero-order valence-corrected chi connectivity index (χ0v) is 13.8. The molecule has 1 aromatic heterocycles. The minimum absolute atomic E-state index is 0.00941. The van der Waals surface area contributed by atoms with Crippen molar-refractivity contribution in [1.29, 1.82) is 0 Å². The van der Waals surface area contributed by atoms with Crippen LogP contribution in [0.2, 0.25) is 0 Å². The highest BCUT2D eigenvalue weighted by Gasteiger charge is 2.32. The molecule has 120 valence electrons. The molecule has 9 heteroatoms. The van der Waals surface area contributed by atoms with Crippen LogP contribution in [0.4, 0.5) is 0 Å². The average Bonchev–Trinajstić information content (AvgIpc) is 2.83. The molecule has 2 heterocycles. The third kappa shape index (κ3) is 3.31. The van der Waals surface area contributed by atoms with Gasteiger partial charge in [0.05, 0.1) is 11.5 Å². The lowest BCUT2D eigenvalue weighted by atomic mass is 10.3. The lowest BCUT2D eigenvalue weighted by Crippen LogP contribution is -2.43. The Hall–Kier alpha value is -0.900. The molecule has 1 aliphatic rings. The third-order valence-corrected chi connectivity index (χ3v) is 7.09. The van der Waals surface area contributed by atoms with Gasteiger partial charge in [-0.2, -0.15) is 4.31 Å². The fraction of sp³-hybridized carbons (Fsp3) is 0.667. The second-order valence-corrected chi connectivity index (χ2v) is 9.67. The summed E-state index contributed by atoms with van der Waals surface area (Å²) in [6, 6.07) is 1.67. The molecule has 2 rings (SSSR count). The Balaban J connectivity index is 2.32. The molecule has 7 nitrogen and oxygen atoms in total. The maximum Gasteiger partial charge on any atom is 0.244 e. The van der Waals surface area contributed by atoms with Crippen LogP contribution in [0, 0.1) is 0 Å². The van der Waals surface area contributed by atoms with Crippen molar-refractivity contribution in [3.63, 3.8) is 0 Å². The van der Waals surface area contributed by atoms with Crippen LogP contribution in [0.1, 0.15) is 25.6 Å². The molecular weight excluding hydrogens is 314 g/mol. The number of hydrogen-bond donors (Lipinski definition) is 1. The standard InChI is InChI=1S/C12H21N3O4S2/c1-10(2)15-9-12(7-11(15)8-13)21(18,19)14-3-5-20(16,17)6-4-14/h7,9-10H,3-6,8,13H2,1-2H3. The van der Waals surface area contributed by atoms with E-state index in [4.69, 9.17) is 5.73 Å². The summed E-state index contributed by atoms with van der Waals surface area (Å²) < 4.78 is 51.0. The van der Waals surface area contributed by atoms with Crippen LogP contribution in [-0.4, -0.2) is 50.3 Å². The topological polar surface area (TPSA) is 102 Å². The van der Waals surface area contributed by atoms with Gasteiger partial charge < -0.3 is 10.3 Å². The number of aromatic nitrogens is 1. The predicted molar refractivity (Wildman–Crippen MR) is 80.1 cm³/mol. The lowest BCUT2D eigenvalue weighted by Gasteiger charge is -2.25. The van der Waals surface area contributed by atoms with E-state index in [9.17, 15) is 16.8 Å². The second-order valence-electron chi connectivity index (χ2n) is 5.43. The van der Waals surface area contributed by atoms with Crippen molar-refractivity contribution in [3.05, 3.63) is 18.0 Å². The fourth-order valence-corrected chi connectivity index (χ4v) is 5.29. The Morgan fingerprint density at radius 1 is 1.29 bits per heavy atom. The summed E-state index contributed by atoms with van der Waals surface area (Å²) in [7, 11) is -6.78. The highest BCUT2D eigenvalue weighted by Crippen LogP contribution is 2.23. The van der Waals surface area contributed by atoms with Crippen LogP contribution in [0.5, 0.6) is 0 Å². The van der Waals surface area contributed by atoms with Gasteiger partial charge in [-0.05, 0) is 19.9 Å². The minimum atomic E-state index is -3.67. The summed E-state index contributed by atoms with van der Waals surface area (Å²) in [4.78, 5) is 0.177. The van der Waals surface area contributed by atoms with Gasteiger partial charge in [0.25, 0.3) is 0 Å². The molecule has 1 aliphatic heterocycles.